The van der Waals surface area contributed by atoms with Crippen LogP contribution >= 0.6 is 27.5 Å². The van der Waals surface area contributed by atoms with E-state index in [4.69, 9.17) is 26.8 Å². The van der Waals surface area contributed by atoms with E-state index >= 15 is 0 Å². The monoisotopic (exact) mass is 649 g/mol. The summed E-state index contributed by atoms with van der Waals surface area (Å²) in [5.41, 5.74) is 1.76. The Hall–Kier alpha value is -2.87. The van der Waals surface area contributed by atoms with Crippen LogP contribution in [0.15, 0.2) is 34.8 Å². The summed E-state index contributed by atoms with van der Waals surface area (Å²) >= 11 is 8.59. The molecule has 0 aromatic heterocycles. The molecule has 0 fully saturated rings. The first-order valence-corrected chi connectivity index (χ1v) is 12.1. The number of nitrogens with two attached hydrogens (primary N) is 1. The Kier molecular flexibility index (Phi) is 11.0. The fourth-order valence-corrected chi connectivity index (χ4v) is 3.26. The lowest BCUT2D eigenvalue weighted by Crippen LogP contribution is -2.27. The molecule has 7 nitrogen and oxygen atoms in total. The molecular weight excluding hydrogens is 624 g/mol. The van der Waals surface area contributed by atoms with E-state index in [1.54, 1.807) is 41.5 Å². The molecule has 0 aliphatic heterocycles. The molecule has 2 rings (SSSR count). The first-order valence-electron chi connectivity index (χ1n) is 10.9. The number of anilines is 3. The minimum Gasteiger partial charge on any atom is -0.444 e. The molecule has 2 amide bonds. The summed E-state index contributed by atoms with van der Waals surface area (Å²) < 4.78 is 85.8. The van der Waals surface area contributed by atoms with Crippen LogP contribution in [-0.2, 0) is 21.8 Å². The number of alkyl halides is 6. The zero-order valence-corrected chi connectivity index (χ0v) is 24.0. The second-order valence-corrected chi connectivity index (χ2v) is 11.2. The molecule has 0 spiro atoms. The van der Waals surface area contributed by atoms with E-state index in [2.05, 4.69) is 26.6 Å². The fraction of sp³-hybridized carbons (Fsp3) is 0.417. The lowest BCUT2D eigenvalue weighted by molar-refractivity contribution is -0.138. The zero-order chi connectivity index (χ0) is 30.6. The van der Waals surface area contributed by atoms with Crippen LogP contribution in [0.25, 0.3) is 0 Å². The third-order valence-electron chi connectivity index (χ3n) is 3.96. The first-order chi connectivity index (χ1) is 17.4. The Morgan fingerprint density at radius 1 is 0.769 bits per heavy atom. The maximum atomic E-state index is 12.6. The van der Waals surface area contributed by atoms with Crippen molar-refractivity contribution in [3.8, 4) is 0 Å². The van der Waals surface area contributed by atoms with Crippen molar-refractivity contribution in [1.82, 2.24) is 0 Å². The highest BCUT2D eigenvalue weighted by Gasteiger charge is 2.33. The van der Waals surface area contributed by atoms with Crippen molar-refractivity contribution in [3.05, 3.63) is 51.0 Å². The number of nitrogens with one attached hydrogen (secondary N) is 2. The molecule has 15 heteroatoms. The predicted octanol–water partition coefficient (Wildman–Crippen LogP) is 9.10. The number of amides is 2. The van der Waals surface area contributed by atoms with E-state index < -0.39 is 46.9 Å². The van der Waals surface area contributed by atoms with Gasteiger partial charge in [0.1, 0.15) is 11.2 Å². The van der Waals surface area contributed by atoms with Gasteiger partial charge in [-0.2, -0.15) is 26.3 Å². The molecule has 0 aliphatic carbocycles. The lowest BCUT2D eigenvalue weighted by Gasteiger charge is -2.20. The number of hydrogen-bond acceptors (Lipinski definition) is 5. The molecular formula is C24H27BrClF6N3O4. The van der Waals surface area contributed by atoms with Crippen LogP contribution in [-0.4, -0.2) is 23.4 Å². The molecule has 0 atom stereocenters. The fourth-order valence-electron chi connectivity index (χ4n) is 2.55. The summed E-state index contributed by atoms with van der Waals surface area (Å²) in [7, 11) is 0. The Morgan fingerprint density at radius 2 is 1.21 bits per heavy atom. The van der Waals surface area contributed by atoms with Crippen LogP contribution in [0.3, 0.4) is 0 Å². The quantitative estimate of drug-likeness (QED) is 0.222. The molecule has 218 valence electrons. The van der Waals surface area contributed by atoms with Crippen molar-refractivity contribution in [1.29, 1.82) is 0 Å². The highest BCUT2D eigenvalue weighted by Crippen LogP contribution is 2.37. The minimum absolute atomic E-state index is 0.0101. The minimum atomic E-state index is -4.60. The third kappa shape index (κ3) is 12.7. The van der Waals surface area contributed by atoms with E-state index in [-0.39, 0.29) is 26.6 Å². The van der Waals surface area contributed by atoms with Crippen LogP contribution in [0.5, 0.6) is 0 Å². The maximum Gasteiger partial charge on any atom is 0.416 e. The van der Waals surface area contributed by atoms with Crippen molar-refractivity contribution >= 4 is 56.8 Å². The number of nitrogen functional groups attached to an aromatic ring is 1. The number of rotatable bonds is 2. The number of ether oxygens (including phenoxy) is 2. The topological polar surface area (TPSA) is 103 Å². The van der Waals surface area contributed by atoms with Gasteiger partial charge in [0.25, 0.3) is 0 Å². The molecule has 0 bridgehead atoms. The SMILES string of the molecule is CC(C)(C)OC(=O)Nc1cc(Br)cc(C(F)(F)F)c1.CC(C)(C)OC(=O)Nc1cc(C(F)(F)F)cc(Cl)c1N. The van der Waals surface area contributed by atoms with Crippen molar-refractivity contribution in [2.45, 2.75) is 65.1 Å². The summed E-state index contributed by atoms with van der Waals surface area (Å²) in [6.45, 7) is 9.84. The van der Waals surface area contributed by atoms with Crippen LogP contribution in [0, 0.1) is 0 Å². The van der Waals surface area contributed by atoms with Crippen molar-refractivity contribution in [2.75, 3.05) is 16.4 Å². The molecule has 39 heavy (non-hydrogen) atoms. The molecule has 4 N–H and O–H groups in total. The molecule has 2 aromatic carbocycles. The van der Waals surface area contributed by atoms with E-state index in [1.807, 2.05) is 0 Å². The predicted molar refractivity (Wildman–Crippen MR) is 140 cm³/mol. The highest BCUT2D eigenvalue weighted by atomic mass is 79.9. The average molecular weight is 651 g/mol. The highest BCUT2D eigenvalue weighted by molar-refractivity contribution is 9.10. The molecule has 2 aromatic rings. The lowest BCUT2D eigenvalue weighted by atomic mass is 10.1. The number of benzene rings is 2. The van der Waals surface area contributed by atoms with Gasteiger partial charge in [-0.25, -0.2) is 9.59 Å². The summed E-state index contributed by atoms with van der Waals surface area (Å²) in [5.74, 6) is 0. The Morgan fingerprint density at radius 3 is 1.64 bits per heavy atom. The Balaban J connectivity index is 0.000000391. The van der Waals surface area contributed by atoms with Crippen LogP contribution in [0.2, 0.25) is 5.02 Å². The van der Waals surface area contributed by atoms with Crippen LogP contribution in [0.4, 0.5) is 53.0 Å². The number of carbonyl (C=O) groups excluding carboxylic acids is 2. The first kappa shape index (κ1) is 34.2. The normalized spacial score (nSPS) is 12.2. The van der Waals surface area contributed by atoms with Crippen LogP contribution in [0.1, 0.15) is 52.7 Å². The largest absolute Gasteiger partial charge is 0.444 e. The van der Waals surface area contributed by atoms with Crippen LogP contribution < -0.4 is 16.4 Å². The van der Waals surface area contributed by atoms with Gasteiger partial charge in [0.2, 0.25) is 0 Å². The van der Waals surface area contributed by atoms with Gasteiger partial charge in [0, 0.05) is 10.2 Å². The summed E-state index contributed by atoms with van der Waals surface area (Å²) in [4.78, 5) is 23.0. The van der Waals surface area contributed by atoms with Gasteiger partial charge in [-0.3, -0.25) is 10.6 Å². The molecule has 0 heterocycles. The van der Waals surface area contributed by atoms with Gasteiger partial charge in [0.05, 0.1) is 27.5 Å². The second-order valence-electron chi connectivity index (χ2n) is 9.90. The average Bonchev–Trinajstić information content (AvgIpc) is 2.67. The summed E-state index contributed by atoms with van der Waals surface area (Å²) in [6.07, 6.45) is -10.8. The van der Waals surface area contributed by atoms with Gasteiger partial charge >= 0.3 is 24.5 Å². The molecule has 0 unspecified atom stereocenters. The van der Waals surface area contributed by atoms with E-state index in [1.165, 1.54) is 6.07 Å². The zero-order valence-electron chi connectivity index (χ0n) is 21.6. The van der Waals surface area contributed by atoms with E-state index in [9.17, 15) is 35.9 Å². The van der Waals surface area contributed by atoms with E-state index in [0.29, 0.717) is 12.1 Å². The van der Waals surface area contributed by atoms with Gasteiger partial charge in [-0.15, -0.1) is 0 Å². The number of halogens is 8. The standard InChI is InChI=1S/C12H13BrF3NO2.C12H14ClF3N2O2/c1-11(2,3)19-10(18)17-9-5-7(12(14,15)16)4-8(13)6-9;1-11(2,3)20-10(19)18-8-5-6(12(14,15)16)4-7(13)9(8)17/h4-6H,1-3H3,(H,17,18);4-5H,17H2,1-3H3,(H,18,19). The van der Waals surface area contributed by atoms with Crippen molar-refractivity contribution in [3.63, 3.8) is 0 Å². The Bertz CT molecular complexity index is 1190. The van der Waals surface area contributed by atoms with Gasteiger partial charge < -0.3 is 15.2 Å². The Labute approximate surface area is 234 Å². The molecule has 0 saturated carbocycles. The van der Waals surface area contributed by atoms with Crippen molar-refractivity contribution < 1.29 is 45.4 Å². The molecule has 0 aliphatic rings. The molecule has 0 radical (unpaired) electrons. The maximum absolute atomic E-state index is 12.6. The molecule has 0 saturated heterocycles. The summed E-state index contributed by atoms with van der Waals surface area (Å²) in [6, 6.07) is 4.52. The van der Waals surface area contributed by atoms with E-state index in [0.717, 1.165) is 12.1 Å². The summed E-state index contributed by atoms with van der Waals surface area (Å²) in [5, 5.41) is 4.11. The smallest absolute Gasteiger partial charge is 0.416 e. The van der Waals surface area contributed by atoms with Gasteiger partial charge in [-0.05, 0) is 71.9 Å². The number of hydrogen-bond donors (Lipinski definition) is 3. The number of carbonyl (C=O) groups is 2. The van der Waals surface area contributed by atoms with Crippen molar-refractivity contribution in [2.24, 2.45) is 0 Å². The van der Waals surface area contributed by atoms with Gasteiger partial charge in [-0.1, -0.05) is 27.5 Å². The van der Waals surface area contributed by atoms with Gasteiger partial charge in [0.15, 0.2) is 0 Å². The third-order valence-corrected chi connectivity index (χ3v) is 4.73. The second kappa shape index (κ2) is 12.5.